The zero-order chi connectivity index (χ0) is 12.9. The maximum absolute atomic E-state index is 13.3. The van der Waals surface area contributed by atoms with Crippen molar-refractivity contribution >= 4 is 5.91 Å². The molecule has 0 saturated heterocycles. The van der Waals surface area contributed by atoms with E-state index in [0.29, 0.717) is 12.0 Å². The molecular weight excluding hydrogens is 219 g/mol. The van der Waals surface area contributed by atoms with Crippen LogP contribution in [0, 0.1) is 17.1 Å². The van der Waals surface area contributed by atoms with Crippen LogP contribution in [0.2, 0.25) is 0 Å². The molecule has 0 heterocycles. The van der Waals surface area contributed by atoms with Crippen LogP contribution in [-0.2, 0) is 11.2 Å². The normalized spacial score (nSPS) is 13.5. The van der Waals surface area contributed by atoms with Gasteiger partial charge in [-0.3, -0.25) is 4.79 Å². The van der Waals surface area contributed by atoms with Gasteiger partial charge in [0.25, 0.3) is 0 Å². The van der Waals surface area contributed by atoms with Gasteiger partial charge in [-0.25, -0.2) is 4.39 Å². The van der Waals surface area contributed by atoms with Crippen LogP contribution in [0.4, 0.5) is 4.39 Å². The number of benzene rings is 1. The summed E-state index contributed by atoms with van der Waals surface area (Å²) >= 11 is 0. The Hall–Kier alpha value is -1.89. The van der Waals surface area contributed by atoms with Crippen LogP contribution in [0.5, 0.6) is 0 Å². The highest BCUT2D eigenvalue weighted by Gasteiger charge is 2.23. The van der Waals surface area contributed by atoms with Crippen molar-refractivity contribution in [1.29, 1.82) is 5.26 Å². The SMILES string of the molecule is CCC(C)(C#N)NC(=O)Cc1ccccc1F. The van der Waals surface area contributed by atoms with Crippen molar-refractivity contribution in [1.82, 2.24) is 5.32 Å². The predicted octanol–water partition coefficient (Wildman–Crippen LogP) is 2.18. The van der Waals surface area contributed by atoms with E-state index in [1.807, 2.05) is 13.0 Å². The summed E-state index contributed by atoms with van der Waals surface area (Å²) < 4.78 is 13.3. The Morgan fingerprint density at radius 3 is 2.71 bits per heavy atom. The zero-order valence-corrected chi connectivity index (χ0v) is 9.96. The van der Waals surface area contributed by atoms with Crippen LogP contribution < -0.4 is 5.32 Å². The Morgan fingerprint density at radius 2 is 2.18 bits per heavy atom. The number of nitrogens with zero attached hydrogens (tertiary/aromatic N) is 1. The highest BCUT2D eigenvalue weighted by molar-refractivity contribution is 5.79. The lowest BCUT2D eigenvalue weighted by atomic mass is 10.0. The molecule has 1 amide bonds. The highest BCUT2D eigenvalue weighted by atomic mass is 19.1. The summed E-state index contributed by atoms with van der Waals surface area (Å²) in [4.78, 5) is 11.7. The van der Waals surface area contributed by atoms with Crippen LogP contribution in [0.1, 0.15) is 25.8 Å². The van der Waals surface area contributed by atoms with Crippen molar-refractivity contribution < 1.29 is 9.18 Å². The van der Waals surface area contributed by atoms with Gasteiger partial charge in [-0.15, -0.1) is 0 Å². The molecule has 0 aliphatic carbocycles. The molecule has 17 heavy (non-hydrogen) atoms. The van der Waals surface area contributed by atoms with Gasteiger partial charge < -0.3 is 5.32 Å². The van der Waals surface area contributed by atoms with E-state index in [1.165, 1.54) is 6.07 Å². The highest BCUT2D eigenvalue weighted by Crippen LogP contribution is 2.10. The van der Waals surface area contributed by atoms with Gasteiger partial charge in [0.2, 0.25) is 5.91 Å². The van der Waals surface area contributed by atoms with Crippen molar-refractivity contribution in [3.8, 4) is 6.07 Å². The Morgan fingerprint density at radius 1 is 1.53 bits per heavy atom. The lowest BCUT2D eigenvalue weighted by molar-refractivity contribution is -0.121. The smallest absolute Gasteiger partial charge is 0.225 e. The number of hydrogen-bond acceptors (Lipinski definition) is 2. The van der Waals surface area contributed by atoms with Gasteiger partial charge in [0.1, 0.15) is 11.4 Å². The first-order valence-corrected chi connectivity index (χ1v) is 5.46. The Balaban J connectivity index is 2.69. The molecule has 90 valence electrons. The van der Waals surface area contributed by atoms with Crippen LogP contribution in [-0.4, -0.2) is 11.4 Å². The third-order valence-corrected chi connectivity index (χ3v) is 2.68. The number of nitriles is 1. The quantitative estimate of drug-likeness (QED) is 0.868. The van der Waals surface area contributed by atoms with Gasteiger partial charge in [0, 0.05) is 0 Å². The first-order valence-electron chi connectivity index (χ1n) is 5.46. The largest absolute Gasteiger partial charge is 0.338 e. The minimum Gasteiger partial charge on any atom is -0.338 e. The van der Waals surface area contributed by atoms with Gasteiger partial charge in [0.05, 0.1) is 12.5 Å². The van der Waals surface area contributed by atoms with E-state index in [4.69, 9.17) is 5.26 Å². The van der Waals surface area contributed by atoms with Gasteiger partial charge in [0.15, 0.2) is 0 Å². The summed E-state index contributed by atoms with van der Waals surface area (Å²) in [6, 6.07) is 8.15. The van der Waals surface area contributed by atoms with Gasteiger partial charge in [-0.2, -0.15) is 5.26 Å². The number of hydrogen-bond donors (Lipinski definition) is 1. The number of halogens is 1. The molecule has 1 aromatic carbocycles. The second-order valence-corrected chi connectivity index (χ2v) is 4.11. The third kappa shape index (κ3) is 3.56. The molecule has 0 spiro atoms. The zero-order valence-electron chi connectivity index (χ0n) is 9.96. The van der Waals surface area contributed by atoms with E-state index in [9.17, 15) is 9.18 Å². The minimum atomic E-state index is -0.887. The number of amides is 1. The molecule has 0 saturated carbocycles. The fraction of sp³-hybridized carbons (Fsp3) is 0.385. The summed E-state index contributed by atoms with van der Waals surface area (Å²) in [7, 11) is 0. The van der Waals surface area contributed by atoms with E-state index < -0.39 is 11.4 Å². The molecule has 1 rings (SSSR count). The molecule has 1 unspecified atom stereocenters. The Bertz CT molecular complexity index is 453. The van der Waals surface area contributed by atoms with E-state index in [2.05, 4.69) is 5.32 Å². The molecule has 0 fully saturated rings. The van der Waals surface area contributed by atoms with Crippen LogP contribution in [0.3, 0.4) is 0 Å². The summed E-state index contributed by atoms with van der Waals surface area (Å²) in [6.07, 6.45) is 0.455. The Labute approximate surface area is 100 Å². The first-order chi connectivity index (χ1) is 8.00. The van der Waals surface area contributed by atoms with Gasteiger partial charge >= 0.3 is 0 Å². The van der Waals surface area contributed by atoms with Crippen molar-refractivity contribution in [2.75, 3.05) is 0 Å². The van der Waals surface area contributed by atoms with E-state index in [1.54, 1.807) is 25.1 Å². The monoisotopic (exact) mass is 234 g/mol. The molecule has 0 aliphatic heterocycles. The summed E-state index contributed by atoms with van der Waals surface area (Å²) in [5.41, 5.74) is -0.552. The minimum absolute atomic E-state index is 0.0516. The van der Waals surface area contributed by atoms with E-state index in [-0.39, 0.29) is 12.3 Å². The van der Waals surface area contributed by atoms with Crippen molar-refractivity contribution in [3.05, 3.63) is 35.6 Å². The Kier molecular flexibility index (Phi) is 4.22. The lowest BCUT2D eigenvalue weighted by Gasteiger charge is -2.21. The number of carbonyl (C=O) groups is 1. The van der Waals surface area contributed by atoms with Crippen LogP contribution in [0.25, 0.3) is 0 Å². The average Bonchev–Trinajstić information content (AvgIpc) is 2.32. The number of carbonyl (C=O) groups excluding carboxylic acids is 1. The molecule has 0 aliphatic rings. The molecule has 4 heteroatoms. The standard InChI is InChI=1S/C13H15FN2O/c1-3-13(2,9-15)16-12(17)8-10-6-4-5-7-11(10)14/h4-7H,3,8H2,1-2H3,(H,16,17). The topological polar surface area (TPSA) is 52.9 Å². The predicted molar refractivity (Wildman–Crippen MR) is 62.6 cm³/mol. The molecule has 0 bridgehead atoms. The first kappa shape index (κ1) is 13.2. The van der Waals surface area contributed by atoms with Crippen molar-refractivity contribution in [2.45, 2.75) is 32.2 Å². The molecule has 0 radical (unpaired) electrons. The maximum Gasteiger partial charge on any atom is 0.225 e. The molecule has 0 aromatic heterocycles. The van der Waals surface area contributed by atoms with Crippen LogP contribution in [0.15, 0.2) is 24.3 Å². The third-order valence-electron chi connectivity index (χ3n) is 2.68. The molecule has 1 N–H and O–H groups in total. The van der Waals surface area contributed by atoms with E-state index >= 15 is 0 Å². The number of nitrogens with one attached hydrogen (secondary N) is 1. The second-order valence-electron chi connectivity index (χ2n) is 4.11. The molecule has 1 atom stereocenters. The number of rotatable bonds is 4. The maximum atomic E-state index is 13.3. The fourth-order valence-electron chi connectivity index (χ4n) is 1.36. The van der Waals surface area contributed by atoms with E-state index in [0.717, 1.165) is 0 Å². The fourth-order valence-corrected chi connectivity index (χ4v) is 1.36. The molecule has 1 aromatic rings. The second kappa shape index (κ2) is 5.44. The lowest BCUT2D eigenvalue weighted by Crippen LogP contribution is -2.45. The van der Waals surface area contributed by atoms with Gasteiger partial charge in [-0.05, 0) is 25.0 Å². The summed E-state index contributed by atoms with van der Waals surface area (Å²) in [6.45, 7) is 3.46. The summed E-state index contributed by atoms with van der Waals surface area (Å²) in [5.74, 6) is -0.751. The molecular formula is C13H15FN2O. The molecule has 3 nitrogen and oxygen atoms in total. The average molecular weight is 234 g/mol. The van der Waals surface area contributed by atoms with Crippen molar-refractivity contribution in [2.24, 2.45) is 0 Å². The van der Waals surface area contributed by atoms with Gasteiger partial charge in [-0.1, -0.05) is 25.1 Å². The summed E-state index contributed by atoms with van der Waals surface area (Å²) in [5, 5.41) is 11.5. The van der Waals surface area contributed by atoms with Crippen LogP contribution >= 0.6 is 0 Å². The van der Waals surface area contributed by atoms with Crippen molar-refractivity contribution in [3.63, 3.8) is 0 Å².